The van der Waals surface area contributed by atoms with E-state index >= 15 is 0 Å². The predicted molar refractivity (Wildman–Crippen MR) is 88.2 cm³/mol. The Morgan fingerprint density at radius 2 is 1.81 bits per heavy atom. The molecule has 0 amide bonds. The molecule has 3 nitrogen and oxygen atoms in total. The van der Waals surface area contributed by atoms with Crippen molar-refractivity contribution in [3.8, 4) is 0 Å². The predicted octanol–water partition coefficient (Wildman–Crippen LogP) is 4.43. The molecule has 0 spiro atoms. The van der Waals surface area contributed by atoms with Crippen molar-refractivity contribution in [1.82, 2.24) is 15.3 Å². The quantitative estimate of drug-likeness (QED) is 0.872. The third-order valence-corrected chi connectivity index (χ3v) is 5.02. The zero-order valence-corrected chi connectivity index (χ0v) is 13.4. The Labute approximate surface area is 127 Å². The first-order chi connectivity index (χ1) is 10.1. The van der Waals surface area contributed by atoms with Gasteiger partial charge in [0.05, 0.1) is 17.1 Å². The molecule has 1 heterocycles. The minimum atomic E-state index is 0.290. The van der Waals surface area contributed by atoms with E-state index in [-0.39, 0.29) is 6.04 Å². The van der Waals surface area contributed by atoms with Crippen molar-refractivity contribution in [2.45, 2.75) is 58.5 Å². The molecule has 0 saturated heterocycles. The van der Waals surface area contributed by atoms with Crippen LogP contribution in [-0.2, 0) is 0 Å². The van der Waals surface area contributed by atoms with Gasteiger partial charge in [-0.15, -0.1) is 0 Å². The number of rotatable bonds is 4. The van der Waals surface area contributed by atoms with Crippen molar-refractivity contribution in [2.24, 2.45) is 11.8 Å². The van der Waals surface area contributed by atoms with Crippen LogP contribution in [0, 0.1) is 11.8 Å². The van der Waals surface area contributed by atoms with E-state index in [1.165, 1.54) is 25.7 Å². The molecule has 0 radical (unpaired) electrons. The number of para-hydroxylation sites is 2. The number of hydrogen-bond acceptors (Lipinski definition) is 2. The van der Waals surface area contributed by atoms with Crippen LogP contribution in [0.5, 0.6) is 0 Å². The Hall–Kier alpha value is -1.35. The highest BCUT2D eigenvalue weighted by Crippen LogP contribution is 2.30. The topological polar surface area (TPSA) is 40.7 Å². The second-order valence-corrected chi connectivity index (χ2v) is 6.88. The summed E-state index contributed by atoms with van der Waals surface area (Å²) in [4.78, 5) is 8.14. The third kappa shape index (κ3) is 3.29. The van der Waals surface area contributed by atoms with E-state index in [2.05, 4.69) is 49.3 Å². The molecule has 0 bridgehead atoms. The number of hydrogen-bond donors (Lipinski definition) is 2. The number of imidazole rings is 1. The SMILES string of the molecule is CC(NC1CCC(C(C)C)CC1)c1nc2ccccc2[nH]1. The Morgan fingerprint density at radius 3 is 2.48 bits per heavy atom. The first-order valence-corrected chi connectivity index (χ1v) is 8.34. The van der Waals surface area contributed by atoms with Gasteiger partial charge >= 0.3 is 0 Å². The number of aromatic nitrogens is 2. The smallest absolute Gasteiger partial charge is 0.124 e. The highest BCUT2D eigenvalue weighted by atomic mass is 15.0. The molecule has 1 saturated carbocycles. The number of benzene rings is 1. The first kappa shape index (κ1) is 14.6. The van der Waals surface area contributed by atoms with Crippen LogP contribution in [0.1, 0.15) is 58.3 Å². The largest absolute Gasteiger partial charge is 0.341 e. The standard InChI is InChI=1S/C18H27N3/c1-12(2)14-8-10-15(11-9-14)19-13(3)18-20-16-6-4-5-7-17(16)21-18/h4-7,12-15,19H,8-11H2,1-3H3,(H,20,21). The van der Waals surface area contributed by atoms with Crippen molar-refractivity contribution in [1.29, 1.82) is 0 Å². The lowest BCUT2D eigenvalue weighted by molar-refractivity contribution is 0.230. The van der Waals surface area contributed by atoms with Crippen molar-refractivity contribution < 1.29 is 0 Å². The highest BCUT2D eigenvalue weighted by molar-refractivity contribution is 5.74. The summed E-state index contributed by atoms with van der Waals surface area (Å²) >= 11 is 0. The minimum Gasteiger partial charge on any atom is -0.341 e. The van der Waals surface area contributed by atoms with Crippen LogP contribution in [0.3, 0.4) is 0 Å². The molecular weight excluding hydrogens is 258 g/mol. The van der Waals surface area contributed by atoms with E-state index in [9.17, 15) is 0 Å². The third-order valence-electron chi connectivity index (χ3n) is 5.02. The highest BCUT2D eigenvalue weighted by Gasteiger charge is 2.24. The van der Waals surface area contributed by atoms with Crippen LogP contribution < -0.4 is 5.32 Å². The van der Waals surface area contributed by atoms with E-state index in [0.29, 0.717) is 6.04 Å². The molecule has 1 atom stereocenters. The van der Waals surface area contributed by atoms with Gasteiger partial charge in [-0.05, 0) is 56.6 Å². The summed E-state index contributed by atoms with van der Waals surface area (Å²) in [5, 5.41) is 3.76. The Bertz CT molecular complexity index is 546. The lowest BCUT2D eigenvalue weighted by Crippen LogP contribution is -2.36. The van der Waals surface area contributed by atoms with E-state index in [1.807, 2.05) is 6.07 Å². The average Bonchev–Trinajstić information content (AvgIpc) is 2.92. The minimum absolute atomic E-state index is 0.290. The molecule has 2 aromatic rings. The molecule has 1 unspecified atom stereocenters. The van der Waals surface area contributed by atoms with Gasteiger partial charge < -0.3 is 10.3 Å². The maximum Gasteiger partial charge on any atom is 0.124 e. The number of aromatic amines is 1. The van der Waals surface area contributed by atoms with Gasteiger partial charge in [0.15, 0.2) is 0 Å². The van der Waals surface area contributed by atoms with Crippen molar-refractivity contribution in [3.05, 3.63) is 30.1 Å². The summed E-state index contributed by atoms with van der Waals surface area (Å²) in [6.07, 6.45) is 5.32. The van der Waals surface area contributed by atoms with E-state index in [1.54, 1.807) is 0 Å². The summed E-state index contributed by atoms with van der Waals surface area (Å²) in [6.45, 7) is 6.93. The lowest BCUT2D eigenvalue weighted by atomic mass is 9.79. The van der Waals surface area contributed by atoms with Crippen LogP contribution >= 0.6 is 0 Å². The summed E-state index contributed by atoms with van der Waals surface area (Å²) in [7, 11) is 0. The summed E-state index contributed by atoms with van der Waals surface area (Å²) in [6, 6.07) is 9.18. The van der Waals surface area contributed by atoms with Crippen molar-refractivity contribution >= 4 is 11.0 Å². The zero-order valence-electron chi connectivity index (χ0n) is 13.4. The second-order valence-electron chi connectivity index (χ2n) is 6.88. The molecule has 0 aliphatic heterocycles. The van der Waals surface area contributed by atoms with Crippen molar-refractivity contribution in [3.63, 3.8) is 0 Å². The van der Waals surface area contributed by atoms with E-state index in [4.69, 9.17) is 4.98 Å². The van der Waals surface area contributed by atoms with Gasteiger partial charge in [0.1, 0.15) is 5.82 Å². The Kier molecular flexibility index (Phi) is 4.29. The summed E-state index contributed by atoms with van der Waals surface area (Å²) < 4.78 is 0. The average molecular weight is 285 g/mol. The molecular formula is C18H27N3. The van der Waals surface area contributed by atoms with Crippen LogP contribution in [-0.4, -0.2) is 16.0 Å². The maximum atomic E-state index is 4.70. The van der Waals surface area contributed by atoms with Crippen LogP contribution in [0.2, 0.25) is 0 Å². The maximum absolute atomic E-state index is 4.70. The molecule has 2 N–H and O–H groups in total. The number of fused-ring (bicyclic) bond motifs is 1. The normalized spacial score (nSPS) is 24.6. The molecule has 1 aromatic heterocycles. The summed E-state index contributed by atoms with van der Waals surface area (Å²) in [5.74, 6) is 2.81. The number of H-pyrrole nitrogens is 1. The molecule has 3 heteroatoms. The Morgan fingerprint density at radius 1 is 1.10 bits per heavy atom. The van der Waals surface area contributed by atoms with Gasteiger partial charge in [-0.3, -0.25) is 0 Å². The molecule has 1 aliphatic rings. The van der Waals surface area contributed by atoms with E-state index in [0.717, 1.165) is 28.7 Å². The summed E-state index contributed by atoms with van der Waals surface area (Å²) in [5.41, 5.74) is 2.19. The number of nitrogens with one attached hydrogen (secondary N) is 2. The number of nitrogens with zero attached hydrogens (tertiary/aromatic N) is 1. The molecule has 114 valence electrons. The van der Waals surface area contributed by atoms with Crippen LogP contribution in [0.25, 0.3) is 11.0 Å². The van der Waals surface area contributed by atoms with Gasteiger partial charge in [0.25, 0.3) is 0 Å². The lowest BCUT2D eigenvalue weighted by Gasteiger charge is -2.32. The molecule has 1 aliphatic carbocycles. The van der Waals surface area contributed by atoms with Crippen molar-refractivity contribution in [2.75, 3.05) is 0 Å². The second kappa shape index (κ2) is 6.18. The molecule has 3 rings (SSSR count). The van der Waals surface area contributed by atoms with Gasteiger partial charge in [0.2, 0.25) is 0 Å². The van der Waals surface area contributed by atoms with Gasteiger partial charge in [-0.25, -0.2) is 4.98 Å². The van der Waals surface area contributed by atoms with Gasteiger partial charge in [-0.2, -0.15) is 0 Å². The molecule has 21 heavy (non-hydrogen) atoms. The van der Waals surface area contributed by atoms with Gasteiger partial charge in [-0.1, -0.05) is 26.0 Å². The fraction of sp³-hybridized carbons (Fsp3) is 0.611. The van der Waals surface area contributed by atoms with Crippen LogP contribution in [0.15, 0.2) is 24.3 Å². The molecule has 1 fully saturated rings. The monoisotopic (exact) mass is 285 g/mol. The first-order valence-electron chi connectivity index (χ1n) is 8.34. The fourth-order valence-electron chi connectivity index (χ4n) is 3.56. The van der Waals surface area contributed by atoms with Crippen LogP contribution in [0.4, 0.5) is 0 Å². The molecule has 1 aromatic carbocycles. The van der Waals surface area contributed by atoms with Gasteiger partial charge in [0, 0.05) is 6.04 Å². The van der Waals surface area contributed by atoms with E-state index < -0.39 is 0 Å². The zero-order chi connectivity index (χ0) is 14.8. The Balaban J connectivity index is 1.60. The fourth-order valence-corrected chi connectivity index (χ4v) is 3.56.